The van der Waals surface area contributed by atoms with Gasteiger partial charge in [0.2, 0.25) is 0 Å². The number of rotatable bonds is 4. The summed E-state index contributed by atoms with van der Waals surface area (Å²) in [5.74, 6) is 1.08. The summed E-state index contributed by atoms with van der Waals surface area (Å²) >= 11 is 0. The lowest BCUT2D eigenvalue weighted by Gasteiger charge is -2.26. The third-order valence-electron chi connectivity index (χ3n) is 5.83. The quantitative estimate of drug-likeness (QED) is 0.582. The fourth-order valence-corrected chi connectivity index (χ4v) is 4.43. The molecule has 2 atom stereocenters. The van der Waals surface area contributed by atoms with Gasteiger partial charge in [0.15, 0.2) is 5.65 Å². The Labute approximate surface area is 173 Å². The van der Waals surface area contributed by atoms with E-state index >= 15 is 0 Å². The molecule has 0 amide bonds. The van der Waals surface area contributed by atoms with Crippen LogP contribution in [0.15, 0.2) is 30.6 Å². The van der Waals surface area contributed by atoms with Crippen molar-refractivity contribution in [1.29, 1.82) is 0 Å². The third-order valence-corrected chi connectivity index (χ3v) is 5.83. The van der Waals surface area contributed by atoms with E-state index in [0.717, 1.165) is 17.2 Å². The first-order valence-electron chi connectivity index (χ1n) is 9.82. The Morgan fingerprint density at radius 1 is 1.06 bits per heavy atom. The molecule has 2 saturated heterocycles. The molecule has 0 radical (unpaired) electrons. The molecule has 5 heterocycles. The van der Waals surface area contributed by atoms with Gasteiger partial charge >= 0.3 is 6.18 Å². The molecule has 5 rings (SSSR count). The number of anilines is 2. The first-order valence-corrected chi connectivity index (χ1v) is 9.82. The summed E-state index contributed by atoms with van der Waals surface area (Å²) < 4.78 is 65.8. The molecular formula is C19H18F5N7. The van der Waals surface area contributed by atoms with Crippen LogP contribution in [0, 0.1) is 5.92 Å². The average Bonchev–Trinajstić information content (AvgIpc) is 3.41. The maximum atomic E-state index is 13.0. The zero-order valence-corrected chi connectivity index (χ0v) is 16.2. The van der Waals surface area contributed by atoms with Crippen LogP contribution in [0.2, 0.25) is 0 Å². The molecule has 0 spiro atoms. The third kappa shape index (κ3) is 3.63. The van der Waals surface area contributed by atoms with Gasteiger partial charge < -0.3 is 9.80 Å². The lowest BCUT2D eigenvalue weighted by molar-refractivity contribution is -0.141. The predicted octanol–water partition coefficient (Wildman–Crippen LogP) is 3.22. The van der Waals surface area contributed by atoms with Gasteiger partial charge in [0.1, 0.15) is 29.4 Å². The van der Waals surface area contributed by atoms with Crippen molar-refractivity contribution in [3.8, 4) is 0 Å². The number of pyridine rings is 1. The van der Waals surface area contributed by atoms with E-state index in [2.05, 4.69) is 20.1 Å². The maximum absolute atomic E-state index is 13.0. The van der Waals surface area contributed by atoms with Crippen LogP contribution >= 0.6 is 0 Å². The Bertz CT molecular complexity index is 1100. The highest BCUT2D eigenvalue weighted by atomic mass is 19.4. The molecule has 31 heavy (non-hydrogen) atoms. The van der Waals surface area contributed by atoms with E-state index in [9.17, 15) is 22.0 Å². The molecule has 0 bridgehead atoms. The van der Waals surface area contributed by atoms with Gasteiger partial charge in [-0.3, -0.25) is 0 Å². The number of alkyl halides is 5. The van der Waals surface area contributed by atoms with Crippen LogP contribution in [0.5, 0.6) is 0 Å². The Balaban J connectivity index is 1.39. The topological polar surface area (TPSA) is 63.0 Å². The maximum Gasteiger partial charge on any atom is 0.433 e. The van der Waals surface area contributed by atoms with Crippen molar-refractivity contribution in [1.82, 2.24) is 24.7 Å². The van der Waals surface area contributed by atoms with Crippen LogP contribution in [0.4, 0.5) is 33.6 Å². The first kappa shape index (κ1) is 19.9. The van der Waals surface area contributed by atoms with Gasteiger partial charge in [-0.15, -0.1) is 0 Å². The van der Waals surface area contributed by atoms with Crippen LogP contribution in [0.25, 0.3) is 11.2 Å². The van der Waals surface area contributed by atoms with E-state index in [0.29, 0.717) is 36.8 Å². The van der Waals surface area contributed by atoms with Gasteiger partial charge in [-0.2, -0.15) is 18.3 Å². The molecule has 0 aromatic carbocycles. The largest absolute Gasteiger partial charge is 0.433 e. The fraction of sp³-hybridized carbons (Fsp3) is 0.474. The van der Waals surface area contributed by atoms with Crippen LogP contribution in [-0.2, 0) is 12.7 Å². The lowest BCUT2D eigenvalue weighted by atomic mass is 10.1. The van der Waals surface area contributed by atoms with Gasteiger partial charge in [-0.05, 0) is 18.6 Å². The molecule has 0 aliphatic carbocycles. The van der Waals surface area contributed by atoms with Crippen molar-refractivity contribution in [2.45, 2.75) is 31.6 Å². The van der Waals surface area contributed by atoms with Crippen LogP contribution in [0.3, 0.4) is 0 Å². The summed E-state index contributed by atoms with van der Waals surface area (Å²) in [6, 6.07) is 3.92. The standard InChI is InChI=1S/C19H18F5N7/c20-15(21)10-31-18-12(6-26-31)25-7-17(28-18)30-5-4-11-8-29(9-13(11)30)16-3-1-2-14(27-16)19(22,23)24/h1-3,6-7,11,13,15H,4-5,8-10H2/t11-,13+/m0/s1. The zero-order valence-electron chi connectivity index (χ0n) is 16.2. The van der Waals surface area contributed by atoms with E-state index < -0.39 is 24.8 Å². The lowest BCUT2D eigenvalue weighted by Crippen LogP contribution is -2.36. The van der Waals surface area contributed by atoms with E-state index in [1.807, 2.05) is 9.80 Å². The molecule has 3 aromatic rings. The SMILES string of the molecule is FC(F)Cn1ncc2ncc(N3CC[C@H]4CN(c5cccc(C(F)(F)F)n5)C[C@H]43)nc21. The first-order chi connectivity index (χ1) is 14.8. The highest BCUT2D eigenvalue weighted by molar-refractivity contribution is 5.71. The molecule has 0 unspecified atom stereocenters. The summed E-state index contributed by atoms with van der Waals surface area (Å²) in [7, 11) is 0. The molecule has 0 N–H and O–H groups in total. The zero-order chi connectivity index (χ0) is 21.8. The summed E-state index contributed by atoms with van der Waals surface area (Å²) in [4.78, 5) is 16.5. The second-order valence-electron chi connectivity index (χ2n) is 7.75. The second-order valence-corrected chi connectivity index (χ2v) is 7.75. The minimum absolute atomic E-state index is 0.0227. The van der Waals surface area contributed by atoms with Gasteiger partial charge in [0.05, 0.1) is 18.4 Å². The second kappa shape index (κ2) is 7.27. The van der Waals surface area contributed by atoms with Gasteiger partial charge in [0, 0.05) is 25.6 Å². The van der Waals surface area contributed by atoms with E-state index in [1.54, 1.807) is 12.3 Å². The summed E-state index contributed by atoms with van der Waals surface area (Å²) in [5.41, 5.74) is -0.195. The monoisotopic (exact) mass is 439 g/mol. The minimum atomic E-state index is -4.50. The number of halogens is 5. The summed E-state index contributed by atoms with van der Waals surface area (Å²) in [5, 5.41) is 3.93. The van der Waals surface area contributed by atoms with Gasteiger partial charge in [-0.1, -0.05) is 6.07 Å². The number of aromatic nitrogens is 5. The van der Waals surface area contributed by atoms with E-state index in [4.69, 9.17) is 0 Å². The highest BCUT2D eigenvalue weighted by Gasteiger charge is 2.43. The predicted molar refractivity (Wildman–Crippen MR) is 102 cm³/mol. The minimum Gasteiger partial charge on any atom is -0.354 e. The Kier molecular flexibility index (Phi) is 4.67. The van der Waals surface area contributed by atoms with Crippen molar-refractivity contribution in [3.63, 3.8) is 0 Å². The number of nitrogens with zero attached hydrogens (tertiary/aromatic N) is 7. The molecule has 2 aliphatic rings. The Hall–Kier alpha value is -3.05. The number of hydrogen-bond acceptors (Lipinski definition) is 6. The van der Waals surface area contributed by atoms with Gasteiger partial charge in [0.25, 0.3) is 6.43 Å². The van der Waals surface area contributed by atoms with Crippen LogP contribution < -0.4 is 9.80 Å². The fourth-order valence-electron chi connectivity index (χ4n) is 4.43. The van der Waals surface area contributed by atoms with Crippen molar-refractivity contribution in [3.05, 3.63) is 36.3 Å². The molecule has 2 aliphatic heterocycles. The van der Waals surface area contributed by atoms with Crippen LogP contribution in [0.1, 0.15) is 12.1 Å². The molecule has 7 nitrogen and oxygen atoms in total. The highest BCUT2D eigenvalue weighted by Crippen LogP contribution is 2.37. The van der Waals surface area contributed by atoms with Gasteiger partial charge in [-0.25, -0.2) is 28.4 Å². The Morgan fingerprint density at radius 3 is 2.68 bits per heavy atom. The van der Waals surface area contributed by atoms with E-state index in [-0.39, 0.29) is 17.6 Å². The molecule has 2 fully saturated rings. The number of fused-ring (bicyclic) bond motifs is 2. The Morgan fingerprint density at radius 2 is 1.90 bits per heavy atom. The molecular weight excluding hydrogens is 421 g/mol. The molecule has 0 saturated carbocycles. The smallest absolute Gasteiger partial charge is 0.354 e. The summed E-state index contributed by atoms with van der Waals surface area (Å²) in [6.07, 6.45) is -3.23. The van der Waals surface area contributed by atoms with Crippen molar-refractivity contribution in [2.75, 3.05) is 29.4 Å². The van der Waals surface area contributed by atoms with Crippen molar-refractivity contribution >= 4 is 22.8 Å². The molecule has 3 aromatic heterocycles. The normalized spacial score (nSPS) is 21.5. The average molecular weight is 439 g/mol. The van der Waals surface area contributed by atoms with Crippen LogP contribution in [-0.4, -0.2) is 56.8 Å². The number of hydrogen-bond donors (Lipinski definition) is 0. The van der Waals surface area contributed by atoms with Crippen molar-refractivity contribution in [2.24, 2.45) is 5.92 Å². The summed E-state index contributed by atoms with van der Waals surface area (Å²) in [6.45, 7) is 1.23. The van der Waals surface area contributed by atoms with Crippen molar-refractivity contribution < 1.29 is 22.0 Å². The van der Waals surface area contributed by atoms with E-state index in [1.165, 1.54) is 12.3 Å². The molecule has 12 heteroatoms. The molecule has 164 valence electrons.